The van der Waals surface area contributed by atoms with Gasteiger partial charge in [0.15, 0.2) is 0 Å². The van der Waals surface area contributed by atoms with Crippen LogP contribution >= 0.6 is 23.7 Å². The van der Waals surface area contributed by atoms with Crippen LogP contribution in [0.1, 0.15) is 4.88 Å². The molecule has 1 N–H and O–H groups in total. The SMILES string of the molecule is Cl.OCc1cccs1. The molecule has 0 aromatic carbocycles. The number of halogens is 1. The summed E-state index contributed by atoms with van der Waals surface area (Å²) in [4.78, 5) is 1.03. The standard InChI is InChI=1S/C5H6OS.ClH/c6-4-5-2-1-3-7-5;/h1-3,6H,4H2;1H. The molecule has 1 heterocycles. The molecule has 0 aliphatic carbocycles. The predicted molar refractivity (Wildman–Crippen MR) is 37.5 cm³/mol. The van der Waals surface area contributed by atoms with Crippen LogP contribution in [0.2, 0.25) is 0 Å². The summed E-state index contributed by atoms with van der Waals surface area (Å²) in [7, 11) is 0. The van der Waals surface area contributed by atoms with Gasteiger partial charge in [-0.1, -0.05) is 6.07 Å². The number of hydrogen-bond donors (Lipinski definition) is 1. The minimum atomic E-state index is 0. The van der Waals surface area contributed by atoms with Gasteiger partial charge in [-0.2, -0.15) is 0 Å². The van der Waals surface area contributed by atoms with Crippen molar-refractivity contribution in [2.45, 2.75) is 6.61 Å². The van der Waals surface area contributed by atoms with Crippen LogP contribution in [0, 0.1) is 0 Å². The Morgan fingerprint density at radius 1 is 1.62 bits per heavy atom. The van der Waals surface area contributed by atoms with Crippen molar-refractivity contribution in [3.05, 3.63) is 22.4 Å². The number of aliphatic hydroxyl groups excluding tert-OH is 1. The van der Waals surface area contributed by atoms with Crippen molar-refractivity contribution in [2.75, 3.05) is 0 Å². The summed E-state index contributed by atoms with van der Waals surface area (Å²) in [6, 6.07) is 3.83. The van der Waals surface area contributed by atoms with Crippen molar-refractivity contribution in [1.82, 2.24) is 0 Å². The van der Waals surface area contributed by atoms with Crippen molar-refractivity contribution in [1.29, 1.82) is 0 Å². The van der Waals surface area contributed by atoms with E-state index in [1.165, 1.54) is 0 Å². The largest absolute Gasteiger partial charge is 0.391 e. The Hall–Kier alpha value is -0.0500. The Morgan fingerprint density at radius 3 is 2.62 bits per heavy atom. The van der Waals surface area contributed by atoms with Gasteiger partial charge in [0.1, 0.15) is 0 Å². The van der Waals surface area contributed by atoms with Crippen molar-refractivity contribution < 1.29 is 5.11 Å². The second-order valence-corrected chi connectivity index (χ2v) is 2.27. The molecule has 0 saturated heterocycles. The van der Waals surface area contributed by atoms with E-state index < -0.39 is 0 Å². The van der Waals surface area contributed by atoms with Gasteiger partial charge in [-0.3, -0.25) is 0 Å². The molecule has 0 atom stereocenters. The van der Waals surface area contributed by atoms with Crippen LogP contribution in [-0.2, 0) is 6.61 Å². The quantitative estimate of drug-likeness (QED) is 0.646. The molecule has 0 bridgehead atoms. The molecule has 3 heteroatoms. The first kappa shape index (κ1) is 7.95. The van der Waals surface area contributed by atoms with Crippen molar-refractivity contribution >= 4 is 23.7 Å². The highest BCUT2D eigenvalue weighted by atomic mass is 35.5. The van der Waals surface area contributed by atoms with Crippen LogP contribution in [0.3, 0.4) is 0 Å². The average molecular weight is 151 g/mol. The lowest BCUT2D eigenvalue weighted by molar-refractivity contribution is 0.285. The van der Waals surface area contributed by atoms with Gasteiger partial charge in [0, 0.05) is 4.88 Å². The number of aliphatic hydroxyl groups is 1. The summed E-state index contributed by atoms with van der Waals surface area (Å²) in [5, 5.41) is 10.4. The van der Waals surface area contributed by atoms with E-state index >= 15 is 0 Å². The molecule has 1 rings (SSSR count). The molecule has 1 aromatic rings. The maximum Gasteiger partial charge on any atom is 0.0774 e. The highest BCUT2D eigenvalue weighted by molar-refractivity contribution is 7.09. The molecule has 0 spiro atoms. The topological polar surface area (TPSA) is 20.2 Å². The molecule has 46 valence electrons. The second kappa shape index (κ2) is 3.89. The summed E-state index contributed by atoms with van der Waals surface area (Å²) >= 11 is 1.57. The van der Waals surface area contributed by atoms with E-state index in [2.05, 4.69) is 0 Å². The monoisotopic (exact) mass is 150 g/mol. The maximum absolute atomic E-state index is 8.44. The third-order valence-corrected chi connectivity index (χ3v) is 1.60. The Bertz CT molecular complexity index is 127. The van der Waals surface area contributed by atoms with Crippen LogP contribution in [0.25, 0.3) is 0 Å². The lowest BCUT2D eigenvalue weighted by atomic mass is 10.5. The van der Waals surface area contributed by atoms with E-state index in [0.29, 0.717) is 0 Å². The molecule has 0 unspecified atom stereocenters. The maximum atomic E-state index is 8.44. The van der Waals surface area contributed by atoms with Gasteiger partial charge in [-0.25, -0.2) is 0 Å². The minimum absolute atomic E-state index is 0. The van der Waals surface area contributed by atoms with Crippen molar-refractivity contribution in [3.63, 3.8) is 0 Å². The minimum Gasteiger partial charge on any atom is -0.391 e. The van der Waals surface area contributed by atoms with Gasteiger partial charge in [-0.15, -0.1) is 23.7 Å². The Labute approximate surface area is 58.4 Å². The highest BCUT2D eigenvalue weighted by Gasteiger charge is 1.83. The summed E-state index contributed by atoms with van der Waals surface area (Å²) in [5.74, 6) is 0. The molecule has 0 fully saturated rings. The third kappa shape index (κ3) is 1.82. The molecule has 0 radical (unpaired) electrons. The third-order valence-electron chi connectivity index (χ3n) is 0.736. The Balaban J connectivity index is 0.000000490. The fourth-order valence-electron chi connectivity index (χ4n) is 0.403. The van der Waals surface area contributed by atoms with E-state index in [1.807, 2.05) is 17.5 Å². The van der Waals surface area contributed by atoms with Gasteiger partial charge in [-0.05, 0) is 11.4 Å². The lowest BCUT2D eigenvalue weighted by Crippen LogP contribution is -1.69. The van der Waals surface area contributed by atoms with E-state index in [9.17, 15) is 0 Å². The van der Waals surface area contributed by atoms with E-state index in [1.54, 1.807) is 11.3 Å². The van der Waals surface area contributed by atoms with Crippen molar-refractivity contribution in [2.24, 2.45) is 0 Å². The zero-order chi connectivity index (χ0) is 5.11. The first-order valence-electron chi connectivity index (χ1n) is 2.06. The molecule has 8 heavy (non-hydrogen) atoms. The first-order chi connectivity index (χ1) is 3.43. The van der Waals surface area contributed by atoms with Crippen LogP contribution < -0.4 is 0 Å². The number of rotatable bonds is 1. The smallest absolute Gasteiger partial charge is 0.0774 e. The number of hydrogen-bond acceptors (Lipinski definition) is 2. The Kier molecular flexibility index (Phi) is 3.87. The van der Waals surface area contributed by atoms with Gasteiger partial charge in [0.05, 0.1) is 6.61 Å². The molecule has 1 nitrogen and oxygen atoms in total. The van der Waals surface area contributed by atoms with E-state index in [4.69, 9.17) is 5.11 Å². The summed E-state index contributed by atoms with van der Waals surface area (Å²) in [6.45, 7) is 0.178. The first-order valence-corrected chi connectivity index (χ1v) is 2.94. The molecular formula is C5H7ClOS. The van der Waals surface area contributed by atoms with Crippen LogP contribution in [-0.4, -0.2) is 5.11 Å². The van der Waals surface area contributed by atoms with Gasteiger partial charge < -0.3 is 5.11 Å². The predicted octanol–water partition coefficient (Wildman–Crippen LogP) is 1.66. The summed E-state index contributed by atoms with van der Waals surface area (Å²) in [6.07, 6.45) is 0. The average Bonchev–Trinajstić information content (AvgIpc) is 2.14. The molecule has 0 aliphatic rings. The van der Waals surface area contributed by atoms with Crippen LogP contribution in [0.5, 0.6) is 0 Å². The number of thiophene rings is 1. The molecule has 1 aromatic heterocycles. The fraction of sp³-hybridized carbons (Fsp3) is 0.200. The molecular weight excluding hydrogens is 144 g/mol. The molecule has 0 saturated carbocycles. The van der Waals surface area contributed by atoms with Gasteiger partial charge >= 0.3 is 0 Å². The van der Waals surface area contributed by atoms with Gasteiger partial charge in [0.2, 0.25) is 0 Å². The molecule has 0 aliphatic heterocycles. The molecule has 0 amide bonds. The summed E-state index contributed by atoms with van der Waals surface area (Å²) in [5.41, 5.74) is 0. The van der Waals surface area contributed by atoms with E-state index in [-0.39, 0.29) is 19.0 Å². The summed E-state index contributed by atoms with van der Waals surface area (Å²) < 4.78 is 0. The Morgan fingerprint density at radius 2 is 2.38 bits per heavy atom. The highest BCUT2D eigenvalue weighted by Crippen LogP contribution is 2.06. The zero-order valence-electron chi connectivity index (χ0n) is 4.20. The van der Waals surface area contributed by atoms with Crippen LogP contribution in [0.4, 0.5) is 0 Å². The van der Waals surface area contributed by atoms with Crippen molar-refractivity contribution in [3.8, 4) is 0 Å². The zero-order valence-corrected chi connectivity index (χ0v) is 5.84. The van der Waals surface area contributed by atoms with Gasteiger partial charge in [0.25, 0.3) is 0 Å². The lowest BCUT2D eigenvalue weighted by Gasteiger charge is -1.78. The normalized spacial score (nSPS) is 8.12. The fourth-order valence-corrected chi connectivity index (χ4v) is 0.966. The van der Waals surface area contributed by atoms with Crippen LogP contribution in [0.15, 0.2) is 17.5 Å². The second-order valence-electron chi connectivity index (χ2n) is 1.24. The van der Waals surface area contributed by atoms with E-state index in [0.717, 1.165) is 4.88 Å².